The van der Waals surface area contributed by atoms with Crippen molar-refractivity contribution in [3.05, 3.63) is 36.0 Å². The van der Waals surface area contributed by atoms with Gasteiger partial charge in [0.25, 0.3) is 0 Å². The van der Waals surface area contributed by atoms with Gasteiger partial charge in [-0.25, -0.2) is 0 Å². The second-order valence-electron chi connectivity index (χ2n) is 4.97. The Labute approximate surface area is 107 Å². The van der Waals surface area contributed by atoms with Crippen molar-refractivity contribution < 1.29 is 4.74 Å². The first kappa shape index (κ1) is 12.2. The second-order valence-corrected chi connectivity index (χ2v) is 5.24. The molecule has 0 spiro atoms. The van der Waals surface area contributed by atoms with Gasteiger partial charge < -0.3 is 4.74 Å². The molecule has 1 aromatic carbocycles. The Kier molecular flexibility index (Phi) is 3.25. The Morgan fingerprint density at radius 3 is 2.65 bits per heavy atom. The molecule has 17 heavy (non-hydrogen) atoms. The molecule has 0 amide bonds. The number of hydrogen-bond acceptors (Lipinski definition) is 2. The van der Waals surface area contributed by atoms with Crippen molar-refractivity contribution in [1.29, 1.82) is 0 Å². The van der Waals surface area contributed by atoms with Crippen LogP contribution in [0.4, 0.5) is 0 Å². The fourth-order valence-electron chi connectivity index (χ4n) is 1.73. The molecule has 1 aromatic heterocycles. The number of pyridine rings is 1. The third kappa shape index (κ3) is 2.70. The van der Waals surface area contributed by atoms with Crippen molar-refractivity contribution in [3.8, 4) is 5.75 Å². The molecule has 0 saturated carbocycles. The molecule has 0 aliphatic heterocycles. The van der Waals surface area contributed by atoms with Crippen molar-refractivity contribution >= 4 is 22.5 Å². The van der Waals surface area contributed by atoms with Crippen LogP contribution in [0.2, 0.25) is 0 Å². The van der Waals surface area contributed by atoms with E-state index in [-0.39, 0.29) is 5.60 Å². The van der Waals surface area contributed by atoms with E-state index in [1.54, 1.807) is 6.20 Å². The van der Waals surface area contributed by atoms with Crippen LogP contribution in [0.3, 0.4) is 0 Å². The molecule has 0 atom stereocenters. The van der Waals surface area contributed by atoms with Crippen LogP contribution in [0.15, 0.2) is 30.5 Å². The minimum atomic E-state index is -0.229. The smallest absolute Gasteiger partial charge is 0.146 e. The average Bonchev–Trinajstić information content (AvgIpc) is 2.28. The number of aromatic nitrogens is 1. The van der Waals surface area contributed by atoms with E-state index in [0.717, 1.165) is 22.2 Å². The third-order valence-corrected chi connectivity index (χ3v) is 2.67. The summed E-state index contributed by atoms with van der Waals surface area (Å²) in [6.07, 6.45) is 1.77. The monoisotopic (exact) mass is 249 g/mol. The Hall–Kier alpha value is -1.28. The van der Waals surface area contributed by atoms with E-state index in [4.69, 9.17) is 16.3 Å². The Morgan fingerprint density at radius 2 is 2.00 bits per heavy atom. The molecule has 2 aromatic rings. The van der Waals surface area contributed by atoms with Gasteiger partial charge in [0.05, 0.1) is 0 Å². The van der Waals surface area contributed by atoms with Crippen LogP contribution in [0.25, 0.3) is 10.9 Å². The van der Waals surface area contributed by atoms with Gasteiger partial charge in [0.1, 0.15) is 16.9 Å². The zero-order chi connectivity index (χ0) is 12.5. The van der Waals surface area contributed by atoms with Crippen molar-refractivity contribution in [2.24, 2.45) is 0 Å². The van der Waals surface area contributed by atoms with E-state index in [2.05, 4.69) is 4.98 Å². The van der Waals surface area contributed by atoms with Gasteiger partial charge in [-0.05, 0) is 38.5 Å². The molecule has 2 nitrogen and oxygen atoms in total. The van der Waals surface area contributed by atoms with Crippen LogP contribution < -0.4 is 4.74 Å². The summed E-state index contributed by atoms with van der Waals surface area (Å²) in [7, 11) is 0. The standard InChI is InChI=1S/C14H16ClNO/c1-14(2,3)17-12-7-6-10(9-15)11-5-4-8-16-13(11)12/h4-8H,9H2,1-3H3. The summed E-state index contributed by atoms with van der Waals surface area (Å²) in [4.78, 5) is 4.39. The summed E-state index contributed by atoms with van der Waals surface area (Å²) in [5, 5.41) is 1.06. The van der Waals surface area contributed by atoms with Gasteiger partial charge in [-0.1, -0.05) is 12.1 Å². The third-order valence-electron chi connectivity index (χ3n) is 2.38. The van der Waals surface area contributed by atoms with Crippen molar-refractivity contribution in [3.63, 3.8) is 0 Å². The van der Waals surface area contributed by atoms with Crippen LogP contribution in [-0.2, 0) is 5.88 Å². The van der Waals surface area contributed by atoms with Crippen LogP contribution in [0, 0.1) is 0 Å². The van der Waals surface area contributed by atoms with Gasteiger partial charge in [0.15, 0.2) is 0 Å². The minimum absolute atomic E-state index is 0.229. The van der Waals surface area contributed by atoms with E-state index in [1.165, 1.54) is 0 Å². The number of nitrogens with zero attached hydrogens (tertiary/aromatic N) is 1. The SMILES string of the molecule is CC(C)(C)Oc1ccc(CCl)c2cccnc12. The number of hydrogen-bond donors (Lipinski definition) is 0. The first-order chi connectivity index (χ1) is 8.01. The lowest BCUT2D eigenvalue weighted by molar-refractivity contribution is 0.133. The zero-order valence-electron chi connectivity index (χ0n) is 10.3. The lowest BCUT2D eigenvalue weighted by atomic mass is 10.1. The average molecular weight is 250 g/mol. The van der Waals surface area contributed by atoms with Crippen LogP contribution in [-0.4, -0.2) is 10.6 Å². The Morgan fingerprint density at radius 1 is 1.24 bits per heavy atom. The second kappa shape index (κ2) is 4.53. The van der Waals surface area contributed by atoms with Crippen LogP contribution in [0.1, 0.15) is 26.3 Å². The van der Waals surface area contributed by atoms with E-state index in [9.17, 15) is 0 Å². The summed E-state index contributed by atoms with van der Waals surface area (Å²) in [6.45, 7) is 6.08. The Bertz CT molecular complexity index is 531. The van der Waals surface area contributed by atoms with E-state index in [1.807, 2.05) is 45.0 Å². The molecule has 3 heteroatoms. The van der Waals surface area contributed by atoms with E-state index in [0.29, 0.717) is 5.88 Å². The maximum absolute atomic E-state index is 5.92. The van der Waals surface area contributed by atoms with Gasteiger partial charge in [-0.3, -0.25) is 4.98 Å². The fourth-order valence-corrected chi connectivity index (χ4v) is 1.97. The largest absolute Gasteiger partial charge is 0.486 e. The highest BCUT2D eigenvalue weighted by Crippen LogP contribution is 2.29. The maximum Gasteiger partial charge on any atom is 0.146 e. The van der Waals surface area contributed by atoms with Crippen LogP contribution >= 0.6 is 11.6 Å². The summed E-state index contributed by atoms with van der Waals surface area (Å²) < 4.78 is 5.91. The first-order valence-corrected chi connectivity index (χ1v) is 6.16. The molecule has 90 valence electrons. The minimum Gasteiger partial charge on any atom is -0.486 e. The fraction of sp³-hybridized carbons (Fsp3) is 0.357. The highest BCUT2D eigenvalue weighted by Gasteiger charge is 2.15. The van der Waals surface area contributed by atoms with Gasteiger partial charge >= 0.3 is 0 Å². The molecule has 0 aliphatic rings. The van der Waals surface area contributed by atoms with Gasteiger partial charge in [-0.2, -0.15) is 0 Å². The molecule has 0 aliphatic carbocycles. The highest BCUT2D eigenvalue weighted by atomic mass is 35.5. The van der Waals surface area contributed by atoms with Gasteiger partial charge in [0.2, 0.25) is 0 Å². The number of fused-ring (bicyclic) bond motifs is 1. The molecule has 0 bridgehead atoms. The maximum atomic E-state index is 5.92. The molecular formula is C14H16ClNO. The molecule has 0 N–H and O–H groups in total. The predicted molar refractivity (Wildman–Crippen MR) is 71.7 cm³/mol. The van der Waals surface area contributed by atoms with Crippen molar-refractivity contribution in [1.82, 2.24) is 4.98 Å². The number of benzene rings is 1. The molecule has 0 unspecified atom stereocenters. The normalized spacial score (nSPS) is 11.8. The van der Waals surface area contributed by atoms with Crippen molar-refractivity contribution in [2.45, 2.75) is 32.3 Å². The molecule has 0 fully saturated rings. The van der Waals surface area contributed by atoms with Gasteiger partial charge in [0, 0.05) is 17.5 Å². The first-order valence-electron chi connectivity index (χ1n) is 5.63. The molecule has 1 heterocycles. The quantitative estimate of drug-likeness (QED) is 0.746. The molecule has 0 saturated heterocycles. The number of halogens is 1. The van der Waals surface area contributed by atoms with Crippen molar-refractivity contribution in [2.75, 3.05) is 0 Å². The number of ether oxygens (including phenoxy) is 1. The summed E-state index contributed by atoms with van der Waals surface area (Å²) in [6, 6.07) is 7.88. The predicted octanol–water partition coefficient (Wildman–Crippen LogP) is 4.15. The lowest BCUT2D eigenvalue weighted by Crippen LogP contribution is -2.23. The van der Waals surface area contributed by atoms with Crippen LogP contribution in [0.5, 0.6) is 5.75 Å². The zero-order valence-corrected chi connectivity index (χ0v) is 11.1. The highest BCUT2D eigenvalue weighted by molar-refractivity contribution is 6.18. The lowest BCUT2D eigenvalue weighted by Gasteiger charge is -2.22. The number of alkyl halides is 1. The molecular weight excluding hydrogens is 234 g/mol. The summed E-state index contributed by atoms with van der Waals surface area (Å²) in [5.74, 6) is 1.29. The van der Waals surface area contributed by atoms with Gasteiger partial charge in [-0.15, -0.1) is 11.6 Å². The summed E-state index contributed by atoms with van der Waals surface area (Å²) in [5.41, 5.74) is 1.73. The van der Waals surface area contributed by atoms with E-state index >= 15 is 0 Å². The molecule has 0 radical (unpaired) electrons. The Balaban J connectivity index is 2.59. The van der Waals surface area contributed by atoms with E-state index < -0.39 is 0 Å². The number of rotatable bonds is 2. The topological polar surface area (TPSA) is 22.1 Å². The molecule has 2 rings (SSSR count). The summed E-state index contributed by atoms with van der Waals surface area (Å²) >= 11 is 5.92.